The summed E-state index contributed by atoms with van der Waals surface area (Å²) in [7, 11) is 1.96. The maximum Gasteiger partial charge on any atom is 0.394 e. The van der Waals surface area contributed by atoms with E-state index in [0.29, 0.717) is 5.57 Å². The van der Waals surface area contributed by atoms with E-state index in [-0.39, 0.29) is 12.5 Å². The minimum absolute atomic E-state index is 0.0555. The lowest BCUT2D eigenvalue weighted by molar-refractivity contribution is -0.210. The van der Waals surface area contributed by atoms with Crippen LogP contribution < -0.4 is 0 Å². The van der Waals surface area contributed by atoms with Gasteiger partial charge in [-0.25, -0.2) is 0 Å². The lowest BCUT2D eigenvalue weighted by atomic mass is 9.81. The van der Waals surface area contributed by atoms with Crippen LogP contribution in [0.5, 0.6) is 0 Å². The third kappa shape index (κ3) is 3.67. The number of alkyl halides is 3. The van der Waals surface area contributed by atoms with E-state index in [0.717, 1.165) is 16.8 Å². The molecule has 0 saturated carbocycles. The fourth-order valence-electron chi connectivity index (χ4n) is 3.78. The zero-order valence-electron chi connectivity index (χ0n) is 17.3. The second-order valence-corrected chi connectivity index (χ2v) is 8.51. The Morgan fingerprint density at radius 3 is 2.39 bits per heavy atom. The molecule has 1 aliphatic carbocycles. The summed E-state index contributed by atoms with van der Waals surface area (Å²) < 4.78 is 39.8. The first-order valence-corrected chi connectivity index (χ1v) is 9.45. The van der Waals surface area contributed by atoms with Crippen molar-refractivity contribution in [1.82, 2.24) is 4.90 Å². The van der Waals surface area contributed by atoms with Crippen molar-refractivity contribution in [3.63, 3.8) is 0 Å². The Hall–Kier alpha value is -2.30. The molecule has 0 spiro atoms. The minimum Gasteiger partial charge on any atom is -0.335 e. The highest BCUT2D eigenvalue weighted by atomic mass is 19.4. The van der Waals surface area contributed by atoms with Gasteiger partial charge in [-0.2, -0.15) is 13.2 Å². The van der Waals surface area contributed by atoms with Gasteiger partial charge in [-0.3, -0.25) is 4.99 Å². The summed E-state index contributed by atoms with van der Waals surface area (Å²) in [6.45, 7) is 8.76. The number of nitrogens with zero attached hydrogens (tertiary/aromatic N) is 2. The fourth-order valence-corrected chi connectivity index (χ4v) is 3.78. The Balaban J connectivity index is 2.02. The second-order valence-electron chi connectivity index (χ2n) is 8.51. The smallest absolute Gasteiger partial charge is 0.335 e. The minimum atomic E-state index is -4.24. The summed E-state index contributed by atoms with van der Waals surface area (Å²) in [5, 5.41) is 0. The van der Waals surface area contributed by atoms with Crippen LogP contribution in [0.4, 0.5) is 13.2 Å². The van der Waals surface area contributed by atoms with Crippen molar-refractivity contribution in [3.05, 3.63) is 63.8 Å². The first kappa shape index (κ1) is 20.4. The molecule has 1 atom stereocenters. The van der Waals surface area contributed by atoms with Crippen LogP contribution in [-0.4, -0.2) is 30.5 Å². The van der Waals surface area contributed by atoms with Crippen LogP contribution in [0.2, 0.25) is 0 Å². The van der Waals surface area contributed by atoms with Gasteiger partial charge < -0.3 is 4.90 Å². The highest BCUT2D eigenvalue weighted by Gasteiger charge is 2.47. The summed E-state index contributed by atoms with van der Waals surface area (Å²) in [4.78, 5) is 6.56. The van der Waals surface area contributed by atoms with Crippen LogP contribution in [-0.2, 0) is 0 Å². The average Bonchev–Trinajstić information content (AvgIpc) is 2.57. The van der Waals surface area contributed by atoms with Crippen molar-refractivity contribution in [2.75, 3.05) is 7.05 Å². The van der Waals surface area contributed by atoms with Crippen LogP contribution in [0.15, 0.2) is 46.5 Å². The van der Waals surface area contributed by atoms with Crippen molar-refractivity contribution in [3.8, 4) is 0 Å². The molecule has 0 amide bonds. The lowest BCUT2D eigenvalue weighted by Crippen LogP contribution is -2.33. The molecule has 3 rings (SSSR count). The van der Waals surface area contributed by atoms with Gasteiger partial charge in [0.05, 0.1) is 23.5 Å². The van der Waals surface area contributed by atoms with E-state index < -0.39 is 11.6 Å². The van der Waals surface area contributed by atoms with E-state index in [9.17, 15) is 13.2 Å². The molecule has 0 radical (unpaired) electrons. The maximum atomic E-state index is 13.3. The van der Waals surface area contributed by atoms with Gasteiger partial charge in [-0.15, -0.1) is 0 Å². The quantitative estimate of drug-likeness (QED) is 0.607. The molecule has 0 fully saturated rings. The van der Waals surface area contributed by atoms with E-state index >= 15 is 0 Å². The van der Waals surface area contributed by atoms with Gasteiger partial charge in [-0.05, 0) is 50.0 Å². The highest BCUT2D eigenvalue weighted by molar-refractivity contribution is 5.85. The third-order valence-electron chi connectivity index (χ3n) is 5.67. The number of rotatable bonds is 3. The maximum absolute atomic E-state index is 13.3. The van der Waals surface area contributed by atoms with E-state index in [2.05, 4.69) is 37.9 Å². The molecule has 0 aromatic heterocycles. The van der Waals surface area contributed by atoms with Crippen molar-refractivity contribution >= 4 is 12.0 Å². The van der Waals surface area contributed by atoms with Crippen molar-refractivity contribution in [2.24, 2.45) is 10.4 Å². The Kier molecular flexibility index (Phi) is 5.07. The second kappa shape index (κ2) is 6.94. The number of benzene rings is 1. The van der Waals surface area contributed by atoms with Gasteiger partial charge in [0.15, 0.2) is 0 Å². The number of aliphatic imine (C=N–C) groups is 1. The molecule has 1 aliphatic heterocycles. The monoisotopic (exact) mass is 388 g/mol. The zero-order valence-corrected chi connectivity index (χ0v) is 17.3. The molecule has 28 heavy (non-hydrogen) atoms. The zero-order chi connectivity index (χ0) is 20.9. The Morgan fingerprint density at radius 2 is 1.75 bits per heavy atom. The summed E-state index contributed by atoms with van der Waals surface area (Å²) in [6.07, 6.45) is 3.08. The molecular weight excluding hydrogens is 361 g/mol. The van der Waals surface area contributed by atoms with Crippen LogP contribution >= 0.6 is 0 Å². The Labute approximate surface area is 165 Å². The number of allylic oxidation sites excluding steroid dienone is 2. The summed E-state index contributed by atoms with van der Waals surface area (Å²) >= 11 is 0. The molecule has 5 heteroatoms. The standard InChI is InChI=1S/C23H27F3N2/c1-14-9-15(2)16(3)19(10-14)21-18-8-7-17(11-20(18)27-13-28(21)6)12-22(4,5)23(24,25)26/h7-11,13,20H,12H2,1-6H3. The number of halogens is 3. The third-order valence-corrected chi connectivity index (χ3v) is 5.67. The van der Waals surface area contributed by atoms with Crippen molar-refractivity contribution < 1.29 is 13.2 Å². The van der Waals surface area contributed by atoms with Gasteiger partial charge in [0.25, 0.3) is 0 Å². The molecular formula is C23H27F3N2. The number of hydrogen-bond acceptors (Lipinski definition) is 2. The average molecular weight is 388 g/mol. The van der Waals surface area contributed by atoms with Crippen LogP contribution in [0.3, 0.4) is 0 Å². The van der Waals surface area contributed by atoms with Gasteiger partial charge in [-0.1, -0.05) is 43.7 Å². The number of hydrogen-bond donors (Lipinski definition) is 0. The molecule has 1 aromatic carbocycles. The highest BCUT2D eigenvalue weighted by Crippen LogP contribution is 2.44. The van der Waals surface area contributed by atoms with Crippen LogP contribution in [0.1, 0.15) is 42.5 Å². The summed E-state index contributed by atoms with van der Waals surface area (Å²) in [5.41, 5.74) is 5.73. The molecule has 150 valence electrons. The van der Waals surface area contributed by atoms with Gasteiger partial charge in [0, 0.05) is 18.2 Å². The van der Waals surface area contributed by atoms with Crippen LogP contribution in [0.25, 0.3) is 5.70 Å². The van der Waals surface area contributed by atoms with E-state index in [1.54, 1.807) is 6.34 Å². The first-order chi connectivity index (χ1) is 12.9. The van der Waals surface area contributed by atoms with E-state index in [4.69, 9.17) is 0 Å². The lowest BCUT2D eigenvalue weighted by Gasteiger charge is -2.33. The van der Waals surface area contributed by atoms with Crippen LogP contribution in [0, 0.1) is 26.2 Å². The normalized spacial score (nSPS) is 19.8. The molecule has 1 aromatic rings. The topological polar surface area (TPSA) is 15.6 Å². The molecule has 2 aliphatic rings. The van der Waals surface area contributed by atoms with Gasteiger partial charge >= 0.3 is 6.18 Å². The molecule has 0 bridgehead atoms. The van der Waals surface area contributed by atoms with E-state index in [1.807, 2.05) is 30.2 Å². The SMILES string of the molecule is Cc1cc(C)c(C)c(C2=C3C=CC(CC(C)(C)C(F)(F)F)=CC3N=CN2C)c1. The largest absolute Gasteiger partial charge is 0.394 e. The summed E-state index contributed by atoms with van der Waals surface area (Å²) in [6, 6.07) is 4.07. The molecule has 1 unspecified atom stereocenters. The predicted molar refractivity (Wildman–Crippen MR) is 109 cm³/mol. The molecule has 2 nitrogen and oxygen atoms in total. The van der Waals surface area contributed by atoms with E-state index in [1.165, 1.54) is 30.5 Å². The molecule has 0 N–H and O–H groups in total. The fraction of sp³-hybridized carbons (Fsp3) is 0.435. The van der Waals surface area contributed by atoms with Crippen molar-refractivity contribution in [1.29, 1.82) is 0 Å². The van der Waals surface area contributed by atoms with Gasteiger partial charge in [0.2, 0.25) is 0 Å². The summed E-state index contributed by atoms with van der Waals surface area (Å²) in [5.74, 6) is 0. The predicted octanol–water partition coefficient (Wildman–Crippen LogP) is 6.14. The number of fused-ring (bicyclic) bond motifs is 1. The Bertz CT molecular complexity index is 915. The number of aryl methyl sites for hydroxylation is 2. The molecule has 1 heterocycles. The molecule has 0 saturated heterocycles. The first-order valence-electron chi connectivity index (χ1n) is 9.45. The van der Waals surface area contributed by atoms with Gasteiger partial charge in [0.1, 0.15) is 0 Å². The van der Waals surface area contributed by atoms with Crippen molar-refractivity contribution in [2.45, 2.75) is 53.3 Å². The Morgan fingerprint density at radius 1 is 1.07 bits per heavy atom.